The molecule has 4 heteroatoms. The molecule has 1 fully saturated rings. The third-order valence-electron chi connectivity index (χ3n) is 2.99. The first-order chi connectivity index (χ1) is 6.72. The third-order valence-corrected chi connectivity index (χ3v) is 2.99. The molecule has 0 amide bonds. The molecule has 0 aliphatic carbocycles. The van der Waals surface area contributed by atoms with Crippen molar-refractivity contribution in [1.29, 1.82) is 0 Å². The normalized spacial score (nSPS) is 28.5. The van der Waals surface area contributed by atoms with Gasteiger partial charge in [-0.2, -0.15) is 0 Å². The van der Waals surface area contributed by atoms with Gasteiger partial charge in [0, 0.05) is 12.1 Å². The zero-order chi connectivity index (χ0) is 10.1. The molecule has 0 saturated carbocycles. The molecule has 78 valence electrons. The second kappa shape index (κ2) is 3.69. The van der Waals surface area contributed by atoms with Gasteiger partial charge < -0.3 is 4.52 Å². The highest BCUT2D eigenvalue weighted by Gasteiger charge is 2.33. The molecule has 2 unspecified atom stereocenters. The summed E-state index contributed by atoms with van der Waals surface area (Å²) in [4.78, 5) is 2.04. The molecule has 1 aliphatic rings. The van der Waals surface area contributed by atoms with Gasteiger partial charge in [-0.25, -0.2) is 4.39 Å². The van der Waals surface area contributed by atoms with Crippen LogP contribution in [0.15, 0.2) is 10.6 Å². The summed E-state index contributed by atoms with van der Waals surface area (Å²) < 4.78 is 17.8. The Morgan fingerprint density at radius 3 is 2.93 bits per heavy atom. The van der Waals surface area contributed by atoms with Gasteiger partial charge in [0.25, 0.3) is 0 Å². The third kappa shape index (κ3) is 1.54. The van der Waals surface area contributed by atoms with Gasteiger partial charge in [-0.3, -0.25) is 4.90 Å². The first-order valence-corrected chi connectivity index (χ1v) is 4.93. The van der Waals surface area contributed by atoms with Crippen LogP contribution in [0, 0.1) is 6.92 Å². The molecule has 0 N–H and O–H groups in total. The van der Waals surface area contributed by atoms with E-state index >= 15 is 0 Å². The molecule has 0 spiro atoms. The number of hydrogen-bond acceptors (Lipinski definition) is 3. The minimum absolute atomic E-state index is 0.0467. The van der Waals surface area contributed by atoms with Crippen LogP contribution >= 0.6 is 0 Å². The number of nitrogens with zero attached hydrogens (tertiary/aromatic N) is 2. The van der Waals surface area contributed by atoms with E-state index < -0.39 is 0 Å². The molecule has 0 bridgehead atoms. The van der Waals surface area contributed by atoms with Crippen LogP contribution in [-0.2, 0) is 0 Å². The molecular formula is C10H15FN2O. The molecule has 3 nitrogen and oxygen atoms in total. The minimum atomic E-state index is -0.278. The largest absolute Gasteiger partial charge is 0.359 e. The van der Waals surface area contributed by atoms with Crippen LogP contribution in [0.5, 0.6) is 0 Å². The maximum absolute atomic E-state index is 12.6. The number of alkyl halides is 1. The average Bonchev–Trinajstić information content (AvgIpc) is 2.72. The predicted molar refractivity (Wildman–Crippen MR) is 50.7 cm³/mol. The summed E-state index contributed by atoms with van der Waals surface area (Å²) in [7, 11) is 1.94. The van der Waals surface area contributed by atoms with Gasteiger partial charge in [0.15, 0.2) is 5.76 Å². The Balaban J connectivity index is 2.13. The van der Waals surface area contributed by atoms with E-state index in [0.29, 0.717) is 0 Å². The van der Waals surface area contributed by atoms with Crippen molar-refractivity contribution in [1.82, 2.24) is 10.1 Å². The molecule has 14 heavy (non-hydrogen) atoms. The van der Waals surface area contributed by atoms with Gasteiger partial charge in [0.05, 0.1) is 11.7 Å². The lowest BCUT2D eigenvalue weighted by Gasteiger charge is -2.21. The molecule has 0 aromatic carbocycles. The first kappa shape index (κ1) is 9.65. The van der Waals surface area contributed by atoms with Gasteiger partial charge >= 0.3 is 0 Å². The van der Waals surface area contributed by atoms with Gasteiger partial charge in [-0.1, -0.05) is 5.16 Å². The fraction of sp³-hybridized carbons (Fsp3) is 0.700. The van der Waals surface area contributed by atoms with Crippen molar-refractivity contribution in [3.63, 3.8) is 0 Å². The lowest BCUT2D eigenvalue weighted by Crippen LogP contribution is -2.28. The number of aryl methyl sites for hydroxylation is 1. The summed E-state index contributed by atoms with van der Waals surface area (Å²) in [5.41, 5.74) is 0.886. The Hall–Kier alpha value is -0.900. The van der Waals surface area contributed by atoms with Crippen LogP contribution in [0.25, 0.3) is 0 Å². The molecular weight excluding hydrogens is 183 g/mol. The SMILES string of the molecule is Cc1cc(C2CCC(CF)N2C)on1. The van der Waals surface area contributed by atoms with Crippen molar-refractivity contribution < 1.29 is 8.91 Å². The van der Waals surface area contributed by atoms with E-state index in [0.717, 1.165) is 24.3 Å². The highest BCUT2D eigenvalue weighted by molar-refractivity contribution is 5.10. The van der Waals surface area contributed by atoms with E-state index in [2.05, 4.69) is 5.16 Å². The number of halogens is 1. The van der Waals surface area contributed by atoms with Crippen molar-refractivity contribution in [2.75, 3.05) is 13.7 Å². The van der Waals surface area contributed by atoms with E-state index in [4.69, 9.17) is 4.52 Å². The Kier molecular flexibility index (Phi) is 2.54. The summed E-state index contributed by atoms with van der Waals surface area (Å²) in [5, 5.41) is 3.85. The minimum Gasteiger partial charge on any atom is -0.359 e. The summed E-state index contributed by atoms with van der Waals surface area (Å²) in [6, 6.07) is 2.18. The topological polar surface area (TPSA) is 29.3 Å². The van der Waals surface area contributed by atoms with E-state index in [1.54, 1.807) is 0 Å². The van der Waals surface area contributed by atoms with Crippen LogP contribution in [0.2, 0.25) is 0 Å². The highest BCUT2D eigenvalue weighted by Crippen LogP contribution is 2.34. The summed E-state index contributed by atoms with van der Waals surface area (Å²) in [6.45, 7) is 1.62. The van der Waals surface area contributed by atoms with Crippen molar-refractivity contribution in [2.45, 2.75) is 31.8 Å². The molecule has 2 atom stereocenters. The monoisotopic (exact) mass is 198 g/mol. The molecule has 1 aromatic rings. The molecule has 0 radical (unpaired) electrons. The number of aromatic nitrogens is 1. The Bertz CT molecular complexity index is 313. The highest BCUT2D eigenvalue weighted by atomic mass is 19.1. The van der Waals surface area contributed by atoms with Gasteiger partial charge in [-0.15, -0.1) is 0 Å². The van der Waals surface area contributed by atoms with E-state index in [1.807, 2.05) is 24.9 Å². The van der Waals surface area contributed by atoms with E-state index in [1.165, 1.54) is 0 Å². The van der Waals surface area contributed by atoms with E-state index in [-0.39, 0.29) is 18.8 Å². The van der Waals surface area contributed by atoms with Crippen LogP contribution in [0.4, 0.5) is 4.39 Å². The zero-order valence-electron chi connectivity index (χ0n) is 8.53. The predicted octanol–water partition coefficient (Wildman–Crippen LogP) is 2.09. The summed E-state index contributed by atoms with van der Waals surface area (Å²) in [6.07, 6.45) is 1.86. The number of rotatable bonds is 2. The van der Waals surface area contributed by atoms with Gasteiger partial charge in [0.1, 0.15) is 6.67 Å². The lowest BCUT2D eigenvalue weighted by molar-refractivity contribution is 0.183. The summed E-state index contributed by atoms with van der Waals surface area (Å²) in [5.74, 6) is 0.862. The van der Waals surface area contributed by atoms with Crippen molar-refractivity contribution in [3.05, 3.63) is 17.5 Å². The molecule has 1 saturated heterocycles. The Morgan fingerprint density at radius 1 is 1.64 bits per heavy atom. The van der Waals surface area contributed by atoms with Crippen molar-refractivity contribution in [2.24, 2.45) is 0 Å². The maximum atomic E-state index is 12.6. The maximum Gasteiger partial charge on any atom is 0.154 e. The second-order valence-electron chi connectivity index (χ2n) is 3.94. The number of likely N-dealkylation sites (tertiary alicyclic amines) is 1. The molecule has 1 aliphatic heterocycles. The van der Waals surface area contributed by atoms with Crippen molar-refractivity contribution >= 4 is 0 Å². The second-order valence-corrected chi connectivity index (χ2v) is 3.94. The summed E-state index contributed by atoms with van der Waals surface area (Å²) >= 11 is 0. The first-order valence-electron chi connectivity index (χ1n) is 4.93. The standard InChI is InChI=1S/C10H15FN2O/c1-7-5-10(14-12-7)9-4-3-8(6-11)13(9)2/h5,8-9H,3-4,6H2,1-2H3. The van der Waals surface area contributed by atoms with Crippen LogP contribution in [0.1, 0.15) is 30.3 Å². The quantitative estimate of drug-likeness (QED) is 0.728. The van der Waals surface area contributed by atoms with Crippen LogP contribution in [-0.4, -0.2) is 29.8 Å². The Labute approximate surface area is 82.9 Å². The Morgan fingerprint density at radius 2 is 2.43 bits per heavy atom. The van der Waals surface area contributed by atoms with Gasteiger partial charge in [-0.05, 0) is 26.8 Å². The molecule has 2 rings (SSSR count). The zero-order valence-corrected chi connectivity index (χ0v) is 8.53. The van der Waals surface area contributed by atoms with Crippen molar-refractivity contribution in [3.8, 4) is 0 Å². The fourth-order valence-corrected chi connectivity index (χ4v) is 2.08. The van der Waals surface area contributed by atoms with Crippen LogP contribution < -0.4 is 0 Å². The van der Waals surface area contributed by atoms with Gasteiger partial charge in [0.2, 0.25) is 0 Å². The molecule has 2 heterocycles. The average molecular weight is 198 g/mol. The van der Waals surface area contributed by atoms with E-state index in [9.17, 15) is 4.39 Å². The lowest BCUT2D eigenvalue weighted by atomic mass is 10.1. The number of hydrogen-bond donors (Lipinski definition) is 0. The molecule has 1 aromatic heterocycles. The van der Waals surface area contributed by atoms with Crippen LogP contribution in [0.3, 0.4) is 0 Å². The smallest absolute Gasteiger partial charge is 0.154 e. The fourth-order valence-electron chi connectivity index (χ4n) is 2.08.